The lowest BCUT2D eigenvalue weighted by atomic mass is 10.0. The van der Waals surface area contributed by atoms with Gasteiger partial charge in [-0.1, -0.05) is 18.2 Å². The molecule has 0 aromatic heterocycles. The van der Waals surface area contributed by atoms with E-state index in [0.717, 1.165) is 6.42 Å². The van der Waals surface area contributed by atoms with Gasteiger partial charge < -0.3 is 10.6 Å². The lowest BCUT2D eigenvalue weighted by Crippen LogP contribution is -2.33. The summed E-state index contributed by atoms with van der Waals surface area (Å²) in [6.07, 6.45) is 0.972. The fraction of sp³-hybridized carbons (Fsp3) is 0.538. The summed E-state index contributed by atoms with van der Waals surface area (Å²) in [5.74, 6) is 2.49. The molecule has 0 saturated carbocycles. The Bertz CT molecular complexity index is 332. The predicted molar refractivity (Wildman–Crippen MR) is 73.3 cm³/mol. The molecule has 1 unspecified atom stereocenters. The van der Waals surface area contributed by atoms with E-state index < -0.39 is 0 Å². The first-order valence-corrected chi connectivity index (χ1v) is 7.09. The summed E-state index contributed by atoms with van der Waals surface area (Å²) in [4.78, 5) is 2.49. The molecule has 2 nitrogen and oxygen atoms in total. The smallest absolute Gasteiger partial charge is 0.0399 e. The highest BCUT2D eigenvalue weighted by molar-refractivity contribution is 7.99. The first-order chi connectivity index (χ1) is 7.77. The van der Waals surface area contributed by atoms with Crippen molar-refractivity contribution in [3.8, 4) is 0 Å². The Morgan fingerprint density at radius 2 is 2.00 bits per heavy atom. The molecule has 0 aliphatic carbocycles. The SMILES string of the molecule is CC(N)Cc1ccccc1N1CCSCC1. The van der Waals surface area contributed by atoms with Crippen molar-refractivity contribution >= 4 is 17.4 Å². The second kappa shape index (κ2) is 5.60. The average Bonchev–Trinajstić information content (AvgIpc) is 2.30. The van der Waals surface area contributed by atoms with E-state index in [-0.39, 0.29) is 6.04 Å². The minimum absolute atomic E-state index is 0.236. The van der Waals surface area contributed by atoms with Gasteiger partial charge >= 0.3 is 0 Å². The third-order valence-corrected chi connectivity index (χ3v) is 3.83. The molecule has 1 aromatic rings. The van der Waals surface area contributed by atoms with E-state index in [0.29, 0.717) is 0 Å². The number of hydrogen-bond donors (Lipinski definition) is 1. The quantitative estimate of drug-likeness (QED) is 0.872. The highest BCUT2D eigenvalue weighted by Gasteiger charge is 2.14. The lowest BCUT2D eigenvalue weighted by molar-refractivity contribution is 0.731. The van der Waals surface area contributed by atoms with Crippen molar-refractivity contribution in [3.05, 3.63) is 29.8 Å². The summed E-state index contributed by atoms with van der Waals surface area (Å²) in [6, 6.07) is 8.91. The maximum Gasteiger partial charge on any atom is 0.0399 e. The number of rotatable bonds is 3. The van der Waals surface area contributed by atoms with Gasteiger partial charge in [0, 0.05) is 36.3 Å². The van der Waals surface area contributed by atoms with Gasteiger partial charge in [-0.15, -0.1) is 0 Å². The zero-order valence-corrected chi connectivity index (χ0v) is 10.7. The number of anilines is 1. The van der Waals surface area contributed by atoms with Crippen LogP contribution in [0, 0.1) is 0 Å². The molecule has 88 valence electrons. The number of para-hydroxylation sites is 1. The second-order valence-electron chi connectivity index (χ2n) is 4.41. The first-order valence-electron chi connectivity index (χ1n) is 5.93. The Morgan fingerprint density at radius 1 is 1.31 bits per heavy atom. The molecular weight excluding hydrogens is 216 g/mol. The largest absolute Gasteiger partial charge is 0.370 e. The molecule has 2 N–H and O–H groups in total. The van der Waals surface area contributed by atoms with Crippen LogP contribution in [0.2, 0.25) is 0 Å². The summed E-state index contributed by atoms with van der Waals surface area (Å²) in [5, 5.41) is 0. The second-order valence-corrected chi connectivity index (χ2v) is 5.63. The van der Waals surface area contributed by atoms with E-state index in [1.165, 1.54) is 35.8 Å². The van der Waals surface area contributed by atoms with Crippen LogP contribution < -0.4 is 10.6 Å². The lowest BCUT2D eigenvalue weighted by Gasteiger charge is -2.30. The molecule has 0 spiro atoms. The van der Waals surface area contributed by atoms with Crippen LogP contribution in [-0.2, 0) is 6.42 Å². The van der Waals surface area contributed by atoms with Crippen LogP contribution in [0.5, 0.6) is 0 Å². The fourth-order valence-electron chi connectivity index (χ4n) is 2.14. The van der Waals surface area contributed by atoms with E-state index in [1.54, 1.807) is 0 Å². The zero-order chi connectivity index (χ0) is 11.4. The first kappa shape index (κ1) is 11.8. The van der Waals surface area contributed by atoms with Crippen LogP contribution in [0.3, 0.4) is 0 Å². The van der Waals surface area contributed by atoms with Crippen LogP contribution in [0.4, 0.5) is 5.69 Å². The van der Waals surface area contributed by atoms with Crippen LogP contribution in [0.25, 0.3) is 0 Å². The van der Waals surface area contributed by atoms with Gasteiger partial charge in [0.1, 0.15) is 0 Å². The summed E-state index contributed by atoms with van der Waals surface area (Å²) in [5.41, 5.74) is 8.68. The van der Waals surface area contributed by atoms with Crippen LogP contribution >= 0.6 is 11.8 Å². The van der Waals surface area contributed by atoms with Gasteiger partial charge in [0.05, 0.1) is 0 Å². The van der Waals surface area contributed by atoms with Gasteiger partial charge in [-0.3, -0.25) is 0 Å². The van der Waals surface area contributed by atoms with E-state index in [1.807, 2.05) is 11.8 Å². The maximum absolute atomic E-state index is 5.90. The normalized spacial score (nSPS) is 18.5. The van der Waals surface area contributed by atoms with Crippen LogP contribution in [0.15, 0.2) is 24.3 Å². The molecule has 3 heteroatoms. The van der Waals surface area contributed by atoms with Gasteiger partial charge in [-0.2, -0.15) is 11.8 Å². The van der Waals surface area contributed by atoms with E-state index in [2.05, 4.69) is 36.1 Å². The molecule has 1 fully saturated rings. The standard InChI is InChI=1S/C13H20N2S/c1-11(14)10-12-4-2-3-5-13(12)15-6-8-16-9-7-15/h2-5,11H,6-10,14H2,1H3. The Morgan fingerprint density at radius 3 is 2.69 bits per heavy atom. The molecule has 1 atom stereocenters. The minimum atomic E-state index is 0.236. The van der Waals surface area contributed by atoms with E-state index in [9.17, 15) is 0 Å². The summed E-state index contributed by atoms with van der Waals surface area (Å²) in [7, 11) is 0. The third-order valence-electron chi connectivity index (χ3n) is 2.89. The molecule has 1 heterocycles. The van der Waals surface area contributed by atoms with Crippen molar-refractivity contribution in [3.63, 3.8) is 0 Å². The van der Waals surface area contributed by atoms with Crippen molar-refractivity contribution in [2.75, 3.05) is 29.5 Å². The monoisotopic (exact) mass is 236 g/mol. The summed E-state index contributed by atoms with van der Waals surface area (Å²) < 4.78 is 0. The number of nitrogens with two attached hydrogens (primary N) is 1. The van der Waals surface area contributed by atoms with Crippen molar-refractivity contribution in [1.82, 2.24) is 0 Å². The maximum atomic E-state index is 5.90. The summed E-state index contributed by atoms with van der Waals surface area (Å²) in [6.45, 7) is 4.41. The molecule has 0 amide bonds. The number of thioether (sulfide) groups is 1. The van der Waals surface area contributed by atoms with Gasteiger partial charge in [0.15, 0.2) is 0 Å². The van der Waals surface area contributed by atoms with Gasteiger partial charge in [0.25, 0.3) is 0 Å². The number of nitrogens with zero attached hydrogens (tertiary/aromatic N) is 1. The Hall–Kier alpha value is -0.670. The highest BCUT2D eigenvalue weighted by atomic mass is 32.2. The van der Waals surface area contributed by atoms with E-state index >= 15 is 0 Å². The molecule has 1 aliphatic rings. The van der Waals surface area contributed by atoms with Gasteiger partial charge in [-0.05, 0) is 25.0 Å². The average molecular weight is 236 g/mol. The molecule has 0 radical (unpaired) electrons. The highest BCUT2D eigenvalue weighted by Crippen LogP contribution is 2.24. The molecule has 1 saturated heterocycles. The van der Waals surface area contributed by atoms with Crippen LogP contribution in [0.1, 0.15) is 12.5 Å². The van der Waals surface area contributed by atoms with Crippen molar-refractivity contribution < 1.29 is 0 Å². The Kier molecular flexibility index (Phi) is 4.13. The molecule has 0 bridgehead atoms. The van der Waals surface area contributed by atoms with Gasteiger partial charge in [-0.25, -0.2) is 0 Å². The van der Waals surface area contributed by atoms with Gasteiger partial charge in [0.2, 0.25) is 0 Å². The molecule has 1 aliphatic heterocycles. The topological polar surface area (TPSA) is 29.3 Å². The van der Waals surface area contributed by atoms with Crippen LogP contribution in [-0.4, -0.2) is 30.6 Å². The molecule has 2 rings (SSSR count). The third kappa shape index (κ3) is 2.92. The Balaban J connectivity index is 2.17. The fourth-order valence-corrected chi connectivity index (χ4v) is 3.05. The summed E-state index contributed by atoms with van der Waals surface area (Å²) >= 11 is 2.05. The number of benzene rings is 1. The molecule has 16 heavy (non-hydrogen) atoms. The minimum Gasteiger partial charge on any atom is -0.370 e. The zero-order valence-electron chi connectivity index (χ0n) is 9.86. The Labute approximate surface area is 102 Å². The van der Waals surface area contributed by atoms with E-state index in [4.69, 9.17) is 5.73 Å². The van der Waals surface area contributed by atoms with Crippen molar-refractivity contribution in [1.29, 1.82) is 0 Å². The van der Waals surface area contributed by atoms with Crippen molar-refractivity contribution in [2.24, 2.45) is 5.73 Å². The molecule has 1 aromatic carbocycles. The molecular formula is C13H20N2S. The number of hydrogen-bond acceptors (Lipinski definition) is 3. The van der Waals surface area contributed by atoms with Crippen molar-refractivity contribution in [2.45, 2.75) is 19.4 Å². The predicted octanol–water partition coefficient (Wildman–Crippen LogP) is 2.13.